The van der Waals surface area contributed by atoms with Crippen LogP contribution in [0.15, 0.2) is 42.5 Å². The Labute approximate surface area is 117 Å². The Morgan fingerprint density at radius 3 is 2.19 bits per heavy atom. The fourth-order valence-corrected chi connectivity index (χ4v) is 1.90. The largest absolute Gasteiger partial charge is 0.457 e. The first-order chi connectivity index (χ1) is 10.0. The van der Waals surface area contributed by atoms with Crippen molar-refractivity contribution in [3.63, 3.8) is 0 Å². The molecule has 1 aliphatic heterocycles. The smallest absolute Gasteiger partial charge is 0.347 e. The molecule has 104 valence electrons. The average Bonchev–Trinajstić information content (AvgIpc) is 2.74. The second-order valence-electron chi connectivity index (χ2n) is 4.24. The van der Waals surface area contributed by atoms with Gasteiger partial charge in [-0.05, 0) is 30.3 Å². The summed E-state index contributed by atoms with van der Waals surface area (Å²) in [7, 11) is 0. The number of carbonyl (C=O) groups is 2. The molecule has 0 amide bonds. The SMILES string of the molecule is O=C1OC(=O)c2cc(Oc3ccc([N+](=O)[O-])cc3)ccc21. The highest BCUT2D eigenvalue weighted by molar-refractivity contribution is 6.14. The quantitative estimate of drug-likeness (QED) is 0.372. The number of esters is 2. The number of nitrogens with zero attached hydrogens (tertiary/aromatic N) is 1. The fourth-order valence-electron chi connectivity index (χ4n) is 1.90. The Hall–Kier alpha value is -3.22. The van der Waals surface area contributed by atoms with Gasteiger partial charge in [-0.3, -0.25) is 10.1 Å². The first-order valence-electron chi connectivity index (χ1n) is 5.87. The van der Waals surface area contributed by atoms with Crippen LogP contribution in [0.5, 0.6) is 11.5 Å². The van der Waals surface area contributed by atoms with Crippen LogP contribution in [0.4, 0.5) is 5.69 Å². The summed E-state index contributed by atoms with van der Waals surface area (Å²) in [5.41, 5.74) is 0.279. The number of nitro groups is 1. The van der Waals surface area contributed by atoms with Crippen LogP contribution in [0.1, 0.15) is 20.7 Å². The Morgan fingerprint density at radius 1 is 0.905 bits per heavy atom. The van der Waals surface area contributed by atoms with Gasteiger partial charge in [-0.1, -0.05) is 0 Å². The second-order valence-corrected chi connectivity index (χ2v) is 4.24. The van der Waals surface area contributed by atoms with E-state index in [9.17, 15) is 19.7 Å². The topological polar surface area (TPSA) is 95.7 Å². The molecule has 0 aliphatic carbocycles. The molecule has 21 heavy (non-hydrogen) atoms. The molecule has 7 heteroatoms. The number of rotatable bonds is 3. The zero-order chi connectivity index (χ0) is 15.0. The molecule has 2 aromatic rings. The molecule has 0 bridgehead atoms. The molecule has 0 radical (unpaired) electrons. The molecule has 0 fully saturated rings. The van der Waals surface area contributed by atoms with Crippen molar-refractivity contribution in [1.29, 1.82) is 0 Å². The maximum atomic E-state index is 11.4. The average molecular weight is 285 g/mol. The van der Waals surface area contributed by atoms with Crippen LogP contribution >= 0.6 is 0 Å². The van der Waals surface area contributed by atoms with E-state index in [4.69, 9.17) is 4.74 Å². The van der Waals surface area contributed by atoms with Crippen molar-refractivity contribution in [3.05, 3.63) is 63.7 Å². The molecule has 0 atom stereocenters. The number of hydrogen-bond acceptors (Lipinski definition) is 6. The van der Waals surface area contributed by atoms with Crippen LogP contribution in [0, 0.1) is 10.1 Å². The van der Waals surface area contributed by atoms with Crippen molar-refractivity contribution in [2.45, 2.75) is 0 Å². The van der Waals surface area contributed by atoms with E-state index in [0.29, 0.717) is 11.5 Å². The number of fused-ring (bicyclic) bond motifs is 1. The summed E-state index contributed by atoms with van der Waals surface area (Å²) in [5.74, 6) is -0.700. The molecule has 1 aliphatic rings. The lowest BCUT2D eigenvalue weighted by atomic mass is 10.1. The number of cyclic esters (lactones) is 2. The number of non-ortho nitro benzene ring substituents is 1. The van der Waals surface area contributed by atoms with E-state index in [0.717, 1.165) is 0 Å². The molecule has 1 heterocycles. The first-order valence-corrected chi connectivity index (χ1v) is 5.87. The number of carbonyl (C=O) groups excluding carboxylic acids is 2. The monoisotopic (exact) mass is 285 g/mol. The van der Waals surface area contributed by atoms with Gasteiger partial charge < -0.3 is 9.47 Å². The fraction of sp³-hybridized carbons (Fsp3) is 0. The summed E-state index contributed by atoms with van der Waals surface area (Å²) in [6, 6.07) is 9.83. The van der Waals surface area contributed by atoms with Gasteiger partial charge in [-0.25, -0.2) is 9.59 Å². The standard InChI is InChI=1S/C14H7NO6/c16-13-11-6-5-10(7-12(11)14(17)21-13)20-9-3-1-8(2-4-9)15(18)19/h1-7H. The summed E-state index contributed by atoms with van der Waals surface area (Å²) in [4.78, 5) is 32.8. The Bertz CT molecular complexity index is 766. The van der Waals surface area contributed by atoms with E-state index in [1.165, 1.54) is 42.5 Å². The van der Waals surface area contributed by atoms with Gasteiger partial charge in [-0.15, -0.1) is 0 Å². The molecule has 0 N–H and O–H groups in total. The highest BCUT2D eigenvalue weighted by Gasteiger charge is 2.29. The van der Waals surface area contributed by atoms with Gasteiger partial charge >= 0.3 is 11.9 Å². The van der Waals surface area contributed by atoms with Crippen molar-refractivity contribution >= 4 is 17.6 Å². The molecular weight excluding hydrogens is 278 g/mol. The number of hydrogen-bond donors (Lipinski definition) is 0. The van der Waals surface area contributed by atoms with Gasteiger partial charge in [0.1, 0.15) is 11.5 Å². The highest BCUT2D eigenvalue weighted by atomic mass is 16.6. The predicted octanol–water partition coefficient (Wildman–Crippen LogP) is 2.70. The summed E-state index contributed by atoms with van der Waals surface area (Å²) in [5, 5.41) is 10.5. The lowest BCUT2D eigenvalue weighted by molar-refractivity contribution is -0.384. The zero-order valence-electron chi connectivity index (χ0n) is 10.4. The second kappa shape index (κ2) is 4.71. The van der Waals surface area contributed by atoms with Crippen LogP contribution in [0.2, 0.25) is 0 Å². The van der Waals surface area contributed by atoms with E-state index >= 15 is 0 Å². The maximum Gasteiger partial charge on any atom is 0.347 e. The Kier molecular flexibility index (Phi) is 2.87. The van der Waals surface area contributed by atoms with E-state index < -0.39 is 16.9 Å². The molecule has 0 spiro atoms. The van der Waals surface area contributed by atoms with Crippen molar-refractivity contribution in [1.82, 2.24) is 0 Å². The van der Waals surface area contributed by atoms with Crippen LogP contribution in [-0.4, -0.2) is 16.9 Å². The normalized spacial score (nSPS) is 12.8. The summed E-state index contributed by atoms with van der Waals surface area (Å²) >= 11 is 0. The van der Waals surface area contributed by atoms with Crippen LogP contribution in [0.3, 0.4) is 0 Å². The van der Waals surface area contributed by atoms with Gasteiger partial charge in [0.15, 0.2) is 0 Å². The molecule has 7 nitrogen and oxygen atoms in total. The highest BCUT2D eigenvalue weighted by Crippen LogP contribution is 2.28. The summed E-state index contributed by atoms with van der Waals surface area (Å²) in [6.45, 7) is 0. The van der Waals surface area contributed by atoms with Crippen molar-refractivity contribution in [2.75, 3.05) is 0 Å². The van der Waals surface area contributed by atoms with E-state index in [1.54, 1.807) is 0 Å². The third kappa shape index (κ3) is 2.32. The van der Waals surface area contributed by atoms with Crippen molar-refractivity contribution < 1.29 is 24.0 Å². The number of ether oxygens (including phenoxy) is 2. The summed E-state index contributed by atoms with van der Waals surface area (Å²) in [6.07, 6.45) is 0. The van der Waals surface area contributed by atoms with Gasteiger partial charge in [0, 0.05) is 12.1 Å². The van der Waals surface area contributed by atoms with Gasteiger partial charge in [0.05, 0.1) is 16.1 Å². The summed E-state index contributed by atoms with van der Waals surface area (Å²) < 4.78 is 9.95. The molecular formula is C14H7NO6. The number of nitro benzene ring substituents is 1. The molecule has 0 unspecified atom stereocenters. The van der Waals surface area contributed by atoms with Gasteiger partial charge in [0.2, 0.25) is 0 Å². The molecule has 2 aromatic carbocycles. The van der Waals surface area contributed by atoms with E-state index in [-0.39, 0.29) is 16.8 Å². The third-order valence-electron chi connectivity index (χ3n) is 2.90. The minimum atomic E-state index is -0.718. The maximum absolute atomic E-state index is 11.4. The van der Waals surface area contributed by atoms with Crippen molar-refractivity contribution in [3.8, 4) is 11.5 Å². The first kappa shape index (κ1) is 12.8. The lowest BCUT2D eigenvalue weighted by Crippen LogP contribution is -1.96. The van der Waals surface area contributed by atoms with Gasteiger partial charge in [0.25, 0.3) is 5.69 Å². The lowest BCUT2D eigenvalue weighted by Gasteiger charge is -2.05. The van der Waals surface area contributed by atoms with Crippen LogP contribution < -0.4 is 4.74 Å². The molecule has 0 aromatic heterocycles. The molecule has 3 rings (SSSR count). The van der Waals surface area contributed by atoms with Gasteiger partial charge in [-0.2, -0.15) is 0 Å². The molecule has 0 saturated heterocycles. The zero-order valence-corrected chi connectivity index (χ0v) is 10.4. The van der Waals surface area contributed by atoms with E-state index in [2.05, 4.69) is 4.74 Å². The Balaban J connectivity index is 1.86. The van der Waals surface area contributed by atoms with Crippen LogP contribution in [-0.2, 0) is 4.74 Å². The number of benzene rings is 2. The minimum Gasteiger partial charge on any atom is -0.457 e. The minimum absolute atomic E-state index is 0.0505. The third-order valence-corrected chi connectivity index (χ3v) is 2.90. The Morgan fingerprint density at radius 2 is 1.52 bits per heavy atom. The van der Waals surface area contributed by atoms with E-state index in [1.807, 2.05) is 0 Å². The van der Waals surface area contributed by atoms with Crippen LogP contribution in [0.25, 0.3) is 0 Å². The van der Waals surface area contributed by atoms with Crippen molar-refractivity contribution in [2.24, 2.45) is 0 Å². The predicted molar refractivity (Wildman–Crippen MR) is 69.4 cm³/mol. The molecule has 0 saturated carbocycles.